The molecule has 1 heterocycles. The van der Waals surface area contributed by atoms with E-state index in [-0.39, 0.29) is 28.9 Å². The maximum absolute atomic E-state index is 13.7. The van der Waals surface area contributed by atoms with E-state index in [0.717, 1.165) is 37.1 Å². The van der Waals surface area contributed by atoms with E-state index < -0.39 is 0 Å². The van der Waals surface area contributed by atoms with Gasteiger partial charge in [0.1, 0.15) is 0 Å². The van der Waals surface area contributed by atoms with E-state index in [1.807, 2.05) is 30.3 Å². The van der Waals surface area contributed by atoms with Crippen LogP contribution in [0.4, 0.5) is 0 Å². The minimum Gasteiger partial charge on any atom is -0.341 e. The molecule has 2 atom stereocenters. The Hall–Kier alpha value is -2.08. The van der Waals surface area contributed by atoms with E-state index in [4.69, 9.17) is 46.4 Å². The molecular formula is C31H30Cl4N2O2. The first kappa shape index (κ1) is 28.4. The summed E-state index contributed by atoms with van der Waals surface area (Å²) in [5.74, 6) is -0.101. The number of hydrogen-bond donors (Lipinski definition) is 1. The highest BCUT2D eigenvalue weighted by Gasteiger charge is 2.51. The molecule has 1 unspecified atom stereocenters. The molecule has 1 spiro atoms. The molecular weight excluding hydrogens is 574 g/mol. The fourth-order valence-electron chi connectivity index (χ4n) is 6.47. The summed E-state index contributed by atoms with van der Waals surface area (Å²) in [5.41, 5.74) is 3.31. The molecule has 1 aliphatic heterocycles. The van der Waals surface area contributed by atoms with Gasteiger partial charge in [-0.1, -0.05) is 76.7 Å². The van der Waals surface area contributed by atoms with Crippen LogP contribution in [0.1, 0.15) is 63.4 Å². The van der Waals surface area contributed by atoms with Crippen LogP contribution in [0.5, 0.6) is 0 Å². The number of carbonyl (C=O) groups is 2. The Kier molecular flexibility index (Phi) is 8.61. The van der Waals surface area contributed by atoms with Crippen molar-refractivity contribution < 1.29 is 9.59 Å². The van der Waals surface area contributed by atoms with Gasteiger partial charge in [0.05, 0.1) is 10.0 Å². The predicted molar refractivity (Wildman–Crippen MR) is 160 cm³/mol. The molecule has 0 bridgehead atoms. The molecule has 3 aromatic rings. The maximum Gasteiger partial charge on any atom is 0.253 e. The molecule has 39 heavy (non-hydrogen) atoms. The van der Waals surface area contributed by atoms with Crippen LogP contribution < -0.4 is 5.32 Å². The number of Topliss-reactive ketones (excluding diaryl/α,β-unsaturated/α-hetero) is 1. The molecule has 0 radical (unpaired) electrons. The van der Waals surface area contributed by atoms with E-state index in [1.54, 1.807) is 36.2 Å². The lowest BCUT2D eigenvalue weighted by Gasteiger charge is -2.40. The smallest absolute Gasteiger partial charge is 0.253 e. The van der Waals surface area contributed by atoms with Crippen molar-refractivity contribution >= 4 is 58.1 Å². The van der Waals surface area contributed by atoms with Gasteiger partial charge in [-0.2, -0.15) is 0 Å². The minimum atomic E-state index is -0.177. The summed E-state index contributed by atoms with van der Waals surface area (Å²) >= 11 is 25.0. The largest absolute Gasteiger partial charge is 0.341 e. The average molecular weight is 604 g/mol. The average Bonchev–Trinajstić information content (AvgIpc) is 3.14. The number of nitrogens with one attached hydrogen (secondary N) is 1. The molecule has 0 saturated carbocycles. The molecule has 4 nitrogen and oxygen atoms in total. The first-order valence-electron chi connectivity index (χ1n) is 13.2. The Balaban J connectivity index is 1.42. The van der Waals surface area contributed by atoms with Gasteiger partial charge < -0.3 is 10.2 Å². The van der Waals surface area contributed by atoms with Crippen molar-refractivity contribution in [2.24, 2.45) is 5.92 Å². The van der Waals surface area contributed by atoms with Crippen molar-refractivity contribution in [3.63, 3.8) is 0 Å². The van der Waals surface area contributed by atoms with E-state index in [9.17, 15) is 9.59 Å². The lowest BCUT2D eigenvalue weighted by Crippen LogP contribution is -2.44. The number of benzene rings is 3. The van der Waals surface area contributed by atoms with Gasteiger partial charge in [-0.25, -0.2) is 0 Å². The fraction of sp³-hybridized carbons (Fsp3) is 0.355. The first-order valence-corrected chi connectivity index (χ1v) is 14.7. The van der Waals surface area contributed by atoms with Gasteiger partial charge in [0.2, 0.25) is 0 Å². The summed E-state index contributed by atoms with van der Waals surface area (Å²) in [6.45, 7) is 2.23. The number of amides is 1. The molecule has 5 rings (SSSR count). The molecule has 1 aliphatic carbocycles. The molecule has 8 heteroatoms. The van der Waals surface area contributed by atoms with Crippen LogP contribution in [-0.4, -0.2) is 43.3 Å². The number of nitrogens with zero attached hydrogens (tertiary/aromatic N) is 1. The monoisotopic (exact) mass is 602 g/mol. The molecule has 1 fully saturated rings. The Morgan fingerprint density at radius 1 is 0.974 bits per heavy atom. The zero-order valence-electron chi connectivity index (χ0n) is 21.7. The van der Waals surface area contributed by atoms with Gasteiger partial charge in [-0.15, -0.1) is 0 Å². The van der Waals surface area contributed by atoms with Crippen molar-refractivity contribution in [1.29, 1.82) is 0 Å². The quantitative estimate of drug-likeness (QED) is 0.297. The van der Waals surface area contributed by atoms with Crippen LogP contribution in [0.2, 0.25) is 20.1 Å². The van der Waals surface area contributed by atoms with Crippen LogP contribution in [0.25, 0.3) is 0 Å². The van der Waals surface area contributed by atoms with Crippen molar-refractivity contribution in [2.45, 2.75) is 37.0 Å². The molecule has 1 N–H and O–H groups in total. The van der Waals surface area contributed by atoms with Crippen LogP contribution in [0, 0.1) is 5.92 Å². The van der Waals surface area contributed by atoms with E-state index >= 15 is 0 Å². The topological polar surface area (TPSA) is 49.4 Å². The number of fused-ring (bicyclic) bond motifs is 2. The van der Waals surface area contributed by atoms with Crippen molar-refractivity contribution in [3.8, 4) is 0 Å². The molecule has 1 amide bonds. The fourth-order valence-corrected chi connectivity index (χ4v) is 7.30. The summed E-state index contributed by atoms with van der Waals surface area (Å²) < 4.78 is 0. The number of rotatable bonds is 7. The minimum absolute atomic E-state index is 0.0568. The molecule has 0 aromatic heterocycles. The van der Waals surface area contributed by atoms with Crippen LogP contribution in [-0.2, 0) is 5.41 Å². The summed E-state index contributed by atoms with van der Waals surface area (Å²) in [4.78, 5) is 28.8. The standard InChI is InChI=1S/C31H30Cl4N2O2/c1-37(30(39)21-14-22(32)17-23(33)15-21)18-20(19-7-9-27(34)28(35)16-19)6-8-26-29(38)24-4-2-3-5-25(24)31(26)10-12-36-13-11-31/h2-5,7,9,14-17,20,26,36H,6,8,10-13,18H2,1H3/t20-,26?/m1/s1. The van der Waals surface area contributed by atoms with Gasteiger partial charge >= 0.3 is 0 Å². The number of halogens is 4. The molecule has 3 aromatic carbocycles. The third-order valence-electron chi connectivity index (χ3n) is 8.38. The number of hydrogen-bond acceptors (Lipinski definition) is 3. The number of piperidine rings is 1. The highest BCUT2D eigenvalue weighted by Crippen LogP contribution is 2.51. The Morgan fingerprint density at radius 3 is 2.36 bits per heavy atom. The van der Waals surface area contributed by atoms with Gasteiger partial charge in [0.15, 0.2) is 5.78 Å². The van der Waals surface area contributed by atoms with Crippen LogP contribution in [0.15, 0.2) is 60.7 Å². The van der Waals surface area contributed by atoms with Crippen molar-refractivity contribution in [2.75, 3.05) is 26.7 Å². The Bertz CT molecular complexity index is 1380. The predicted octanol–water partition coefficient (Wildman–Crippen LogP) is 8.07. The highest BCUT2D eigenvalue weighted by molar-refractivity contribution is 6.42. The Labute approximate surface area is 249 Å². The summed E-state index contributed by atoms with van der Waals surface area (Å²) in [5, 5.41) is 5.23. The third-order valence-corrected chi connectivity index (χ3v) is 9.55. The molecule has 1 saturated heterocycles. The lowest BCUT2D eigenvalue weighted by molar-refractivity contribution is 0.0770. The van der Waals surface area contributed by atoms with E-state index in [0.29, 0.717) is 45.0 Å². The molecule has 2 aliphatic rings. The second kappa shape index (κ2) is 11.8. The third kappa shape index (κ3) is 5.73. The zero-order valence-corrected chi connectivity index (χ0v) is 24.7. The van der Waals surface area contributed by atoms with Gasteiger partial charge in [0, 0.05) is 52.0 Å². The Morgan fingerprint density at radius 2 is 1.67 bits per heavy atom. The summed E-state index contributed by atoms with van der Waals surface area (Å²) in [6, 6.07) is 18.6. The summed E-state index contributed by atoms with van der Waals surface area (Å²) in [7, 11) is 1.77. The maximum atomic E-state index is 13.7. The molecule has 204 valence electrons. The van der Waals surface area contributed by atoms with Gasteiger partial charge in [-0.3, -0.25) is 9.59 Å². The zero-order chi connectivity index (χ0) is 27.7. The van der Waals surface area contributed by atoms with Gasteiger partial charge in [-0.05, 0) is 80.2 Å². The van der Waals surface area contributed by atoms with Crippen molar-refractivity contribution in [3.05, 3.63) is 103 Å². The van der Waals surface area contributed by atoms with E-state index in [1.165, 1.54) is 5.56 Å². The van der Waals surface area contributed by atoms with E-state index in [2.05, 4.69) is 11.4 Å². The highest BCUT2D eigenvalue weighted by atomic mass is 35.5. The lowest BCUT2D eigenvalue weighted by atomic mass is 9.66. The van der Waals surface area contributed by atoms with Crippen LogP contribution >= 0.6 is 46.4 Å². The normalized spacial score (nSPS) is 18.7. The number of ketones is 1. The van der Waals surface area contributed by atoms with Crippen molar-refractivity contribution in [1.82, 2.24) is 10.2 Å². The number of likely N-dealkylation sites (N-methyl/N-ethyl adjacent to an activating group) is 1. The SMILES string of the molecule is CN(C[C@@H](CCC1C(=O)c2ccccc2C12CCNCC2)c1ccc(Cl)c(Cl)c1)C(=O)c1cc(Cl)cc(Cl)c1. The first-order chi connectivity index (χ1) is 18.7. The second-order valence-electron chi connectivity index (χ2n) is 10.7. The summed E-state index contributed by atoms with van der Waals surface area (Å²) in [6.07, 6.45) is 3.30. The van der Waals surface area contributed by atoms with Crippen LogP contribution in [0.3, 0.4) is 0 Å². The number of carbonyl (C=O) groups excluding carboxylic acids is 2. The van der Waals surface area contributed by atoms with Gasteiger partial charge in [0.25, 0.3) is 5.91 Å². The second-order valence-corrected chi connectivity index (χ2v) is 12.3.